The number of nitrogens with two attached hydrogens (primary N) is 1. The Bertz CT molecular complexity index is 264. The van der Waals surface area contributed by atoms with E-state index >= 15 is 0 Å². The van der Waals surface area contributed by atoms with Gasteiger partial charge in [0.05, 0.1) is 12.2 Å². The van der Waals surface area contributed by atoms with Crippen LogP contribution in [0.3, 0.4) is 0 Å². The fraction of sp³-hybridized carbons (Fsp3) is 0.857. The summed E-state index contributed by atoms with van der Waals surface area (Å²) in [5.41, 5.74) is 5.10. The Morgan fingerprint density at radius 3 is 2.71 bits per heavy atom. The zero-order valence-corrected chi connectivity index (χ0v) is 8.61. The molecular weight excluding hydrogens is 207 g/mol. The zero-order valence-electron chi connectivity index (χ0n) is 7.72. The summed E-state index contributed by atoms with van der Waals surface area (Å²) in [7, 11) is -3.97. The van der Waals surface area contributed by atoms with E-state index in [1.807, 2.05) is 0 Å². The molecule has 14 heavy (non-hydrogen) atoms. The number of nitrogens with one attached hydrogen (secondary N) is 1. The monoisotopic (exact) mass is 222 g/mol. The highest BCUT2D eigenvalue weighted by atomic mass is 31.2. The predicted molar refractivity (Wildman–Crippen MR) is 50.6 cm³/mol. The molecule has 0 unspecified atom stereocenters. The molecule has 0 spiro atoms. The SMILES string of the molecule is NC(=O)[C@@H]1C[C@H](CP(=O)(O)O)CCN1. The van der Waals surface area contributed by atoms with Gasteiger partial charge in [-0.15, -0.1) is 0 Å². The van der Waals surface area contributed by atoms with Crippen molar-refractivity contribution in [3.8, 4) is 0 Å². The molecule has 0 saturated carbocycles. The van der Waals surface area contributed by atoms with Gasteiger partial charge in [-0.1, -0.05) is 0 Å². The number of hydrogen-bond acceptors (Lipinski definition) is 3. The highest BCUT2D eigenvalue weighted by molar-refractivity contribution is 7.51. The smallest absolute Gasteiger partial charge is 0.325 e. The van der Waals surface area contributed by atoms with E-state index < -0.39 is 19.5 Å². The molecule has 0 aliphatic carbocycles. The number of rotatable bonds is 3. The summed E-state index contributed by atoms with van der Waals surface area (Å²) in [5.74, 6) is -0.574. The van der Waals surface area contributed by atoms with Crippen LogP contribution in [0, 0.1) is 5.92 Å². The van der Waals surface area contributed by atoms with E-state index in [-0.39, 0.29) is 12.1 Å². The van der Waals surface area contributed by atoms with Gasteiger partial charge in [0.2, 0.25) is 5.91 Å². The van der Waals surface area contributed by atoms with Crippen LogP contribution < -0.4 is 11.1 Å². The van der Waals surface area contributed by atoms with Crippen molar-refractivity contribution in [2.45, 2.75) is 18.9 Å². The van der Waals surface area contributed by atoms with Gasteiger partial charge in [-0.3, -0.25) is 9.36 Å². The van der Waals surface area contributed by atoms with Crippen molar-refractivity contribution in [1.82, 2.24) is 5.32 Å². The van der Waals surface area contributed by atoms with Crippen LogP contribution in [0.25, 0.3) is 0 Å². The van der Waals surface area contributed by atoms with Gasteiger partial charge in [0.1, 0.15) is 0 Å². The third-order valence-corrected chi connectivity index (χ3v) is 3.34. The number of hydrogen-bond donors (Lipinski definition) is 4. The van der Waals surface area contributed by atoms with Gasteiger partial charge in [0.25, 0.3) is 0 Å². The van der Waals surface area contributed by atoms with Gasteiger partial charge in [-0.2, -0.15) is 0 Å². The fourth-order valence-corrected chi connectivity index (χ4v) is 2.72. The van der Waals surface area contributed by atoms with E-state index in [0.717, 1.165) is 0 Å². The molecule has 1 aliphatic rings. The van der Waals surface area contributed by atoms with E-state index in [0.29, 0.717) is 19.4 Å². The van der Waals surface area contributed by atoms with Crippen molar-refractivity contribution in [3.63, 3.8) is 0 Å². The molecule has 1 rings (SSSR count). The number of piperidine rings is 1. The molecule has 1 amide bonds. The van der Waals surface area contributed by atoms with Crippen LogP contribution >= 0.6 is 7.60 Å². The number of primary amides is 1. The molecule has 1 saturated heterocycles. The lowest BCUT2D eigenvalue weighted by Crippen LogP contribution is -2.47. The van der Waals surface area contributed by atoms with Gasteiger partial charge >= 0.3 is 7.60 Å². The zero-order chi connectivity index (χ0) is 10.8. The van der Waals surface area contributed by atoms with Crippen LogP contribution in [0.5, 0.6) is 0 Å². The summed E-state index contributed by atoms with van der Waals surface area (Å²) in [6, 6.07) is -0.444. The first kappa shape index (κ1) is 11.7. The lowest BCUT2D eigenvalue weighted by molar-refractivity contribution is -0.120. The predicted octanol–water partition coefficient (Wildman–Crippen LogP) is -0.982. The molecule has 2 atom stereocenters. The minimum absolute atomic E-state index is 0.116. The van der Waals surface area contributed by atoms with Crippen molar-refractivity contribution >= 4 is 13.5 Å². The van der Waals surface area contributed by atoms with Crippen LogP contribution in [-0.4, -0.2) is 34.4 Å². The molecule has 82 valence electrons. The third kappa shape index (κ3) is 3.75. The lowest BCUT2D eigenvalue weighted by Gasteiger charge is -2.28. The van der Waals surface area contributed by atoms with Crippen LogP contribution in [0.1, 0.15) is 12.8 Å². The lowest BCUT2D eigenvalue weighted by atomic mass is 9.94. The minimum Gasteiger partial charge on any atom is -0.368 e. The molecule has 0 aromatic heterocycles. The molecule has 1 fully saturated rings. The Morgan fingerprint density at radius 2 is 2.21 bits per heavy atom. The molecule has 1 aliphatic heterocycles. The van der Waals surface area contributed by atoms with E-state index in [9.17, 15) is 9.36 Å². The van der Waals surface area contributed by atoms with E-state index in [4.69, 9.17) is 15.5 Å². The molecule has 6 nitrogen and oxygen atoms in total. The minimum atomic E-state index is -3.97. The second-order valence-electron chi connectivity index (χ2n) is 3.65. The van der Waals surface area contributed by atoms with Gasteiger partial charge < -0.3 is 20.8 Å². The average molecular weight is 222 g/mol. The normalized spacial score (nSPS) is 28.7. The van der Waals surface area contributed by atoms with E-state index in [2.05, 4.69) is 5.32 Å². The summed E-state index contributed by atoms with van der Waals surface area (Å²) < 4.78 is 10.7. The van der Waals surface area contributed by atoms with Crippen molar-refractivity contribution in [1.29, 1.82) is 0 Å². The summed E-state index contributed by atoms with van der Waals surface area (Å²) in [4.78, 5) is 28.4. The first-order valence-electron chi connectivity index (χ1n) is 4.46. The highest BCUT2D eigenvalue weighted by Crippen LogP contribution is 2.39. The Kier molecular flexibility index (Phi) is 3.66. The molecule has 0 bridgehead atoms. The van der Waals surface area contributed by atoms with Crippen molar-refractivity contribution in [3.05, 3.63) is 0 Å². The largest absolute Gasteiger partial charge is 0.368 e. The summed E-state index contributed by atoms with van der Waals surface area (Å²) in [6.07, 6.45) is 0.938. The standard InChI is InChI=1S/C7H15N2O4P/c8-7(10)6-3-5(1-2-9-6)4-14(11,12)13/h5-6,9H,1-4H2,(H2,8,10)(H2,11,12,13)/t5-,6+/m1/s1. The maximum Gasteiger partial charge on any atom is 0.325 e. The van der Waals surface area contributed by atoms with Gasteiger partial charge in [0.15, 0.2) is 0 Å². The maximum absolute atomic E-state index is 10.8. The average Bonchev–Trinajstić information content (AvgIpc) is 2.01. The third-order valence-electron chi connectivity index (χ3n) is 2.35. The van der Waals surface area contributed by atoms with Gasteiger partial charge in [-0.25, -0.2) is 0 Å². The highest BCUT2D eigenvalue weighted by Gasteiger charge is 2.29. The van der Waals surface area contributed by atoms with Gasteiger partial charge in [-0.05, 0) is 25.3 Å². The summed E-state index contributed by atoms with van der Waals surface area (Å²) in [6.45, 7) is 0.582. The number of amides is 1. The summed E-state index contributed by atoms with van der Waals surface area (Å²) >= 11 is 0. The van der Waals surface area contributed by atoms with Gasteiger partial charge in [0, 0.05) is 0 Å². The van der Waals surface area contributed by atoms with Crippen LogP contribution in [0.15, 0.2) is 0 Å². The molecule has 5 N–H and O–H groups in total. The second kappa shape index (κ2) is 4.40. The van der Waals surface area contributed by atoms with E-state index in [1.54, 1.807) is 0 Å². The quantitative estimate of drug-likeness (QED) is 0.458. The van der Waals surface area contributed by atoms with Crippen LogP contribution in [-0.2, 0) is 9.36 Å². The maximum atomic E-state index is 10.8. The number of carbonyl (C=O) groups is 1. The summed E-state index contributed by atoms with van der Waals surface area (Å²) in [5, 5.41) is 2.91. The molecule has 7 heteroatoms. The Labute approximate surface area is 82.0 Å². The van der Waals surface area contributed by atoms with Crippen molar-refractivity contribution < 1.29 is 19.1 Å². The van der Waals surface area contributed by atoms with Crippen LogP contribution in [0.4, 0.5) is 0 Å². The molecule has 0 aromatic carbocycles. The number of carbonyl (C=O) groups excluding carboxylic acids is 1. The Morgan fingerprint density at radius 1 is 1.57 bits per heavy atom. The first-order chi connectivity index (χ1) is 6.38. The van der Waals surface area contributed by atoms with Crippen molar-refractivity contribution in [2.24, 2.45) is 11.7 Å². The Hall–Kier alpha value is -0.420. The Balaban J connectivity index is 2.48. The molecule has 0 aromatic rings. The topological polar surface area (TPSA) is 113 Å². The van der Waals surface area contributed by atoms with E-state index in [1.165, 1.54) is 0 Å². The fourth-order valence-electron chi connectivity index (χ4n) is 1.72. The molecule has 0 radical (unpaired) electrons. The molecule has 1 heterocycles. The first-order valence-corrected chi connectivity index (χ1v) is 6.25. The van der Waals surface area contributed by atoms with Crippen LogP contribution in [0.2, 0.25) is 0 Å². The second-order valence-corrected chi connectivity index (χ2v) is 5.34. The molecular formula is C7H15N2O4P. The van der Waals surface area contributed by atoms with Crippen molar-refractivity contribution in [2.75, 3.05) is 12.7 Å².